The molecule has 4 amide bonds. The number of carbonyl (C=O) groups is 4. The van der Waals surface area contributed by atoms with Crippen molar-refractivity contribution < 1.29 is 28.7 Å². The van der Waals surface area contributed by atoms with Gasteiger partial charge in [0.05, 0.1) is 0 Å². The molecular weight excluding hydrogens is 512 g/mol. The Bertz CT molecular complexity index is 994. The van der Waals surface area contributed by atoms with E-state index >= 15 is 0 Å². The Kier molecular flexibility index (Phi) is 12.3. The molecule has 0 heterocycles. The van der Waals surface area contributed by atoms with E-state index < -0.39 is 12.2 Å². The molecule has 0 saturated heterocycles. The summed E-state index contributed by atoms with van der Waals surface area (Å²) < 4.78 is 10.3. The highest BCUT2D eigenvalue weighted by molar-refractivity contribution is 5.77. The fourth-order valence-corrected chi connectivity index (χ4v) is 4.91. The first-order valence-corrected chi connectivity index (χ1v) is 13.8. The highest BCUT2D eigenvalue weighted by Gasteiger charge is 2.26. The molecule has 216 valence electrons. The number of alkyl carbamates (subject to hydrolysis) is 2. The highest BCUT2D eigenvalue weighted by Crippen LogP contribution is 2.25. The molecule has 6 N–H and O–H groups in total. The molecule has 40 heavy (non-hydrogen) atoms. The fraction of sp³-hybridized carbons (Fsp3) is 0.467. The molecule has 2 saturated carbocycles. The summed E-state index contributed by atoms with van der Waals surface area (Å²) in [6, 6.07) is 19.2. The maximum absolute atomic E-state index is 11.7. The van der Waals surface area contributed by atoms with Crippen molar-refractivity contribution in [2.24, 2.45) is 23.3 Å². The van der Waals surface area contributed by atoms with Gasteiger partial charge in [-0.1, -0.05) is 60.7 Å². The van der Waals surface area contributed by atoms with Gasteiger partial charge >= 0.3 is 12.2 Å². The maximum Gasteiger partial charge on any atom is 0.407 e. The lowest BCUT2D eigenvalue weighted by Crippen LogP contribution is -2.39. The van der Waals surface area contributed by atoms with Crippen molar-refractivity contribution in [3.8, 4) is 0 Å². The number of hydrogen-bond donors (Lipinski definition) is 4. The Hall–Kier alpha value is -4.08. The molecule has 4 rings (SSSR count). The summed E-state index contributed by atoms with van der Waals surface area (Å²) in [6.07, 6.45) is 5.22. The lowest BCUT2D eigenvalue weighted by Gasteiger charge is -2.26. The summed E-state index contributed by atoms with van der Waals surface area (Å²) in [7, 11) is 0. The van der Waals surface area contributed by atoms with Gasteiger partial charge in [-0.2, -0.15) is 0 Å². The SMILES string of the molecule is NC(=O)C1CCC(NC(=O)OCc2ccccc2)CC1.NC(=O)C1CCC(NC(=O)OCc2ccccc2)CC1. The van der Waals surface area contributed by atoms with Crippen molar-refractivity contribution in [1.82, 2.24) is 10.6 Å². The van der Waals surface area contributed by atoms with Gasteiger partial charge in [-0.3, -0.25) is 9.59 Å². The Morgan fingerprint density at radius 1 is 0.575 bits per heavy atom. The van der Waals surface area contributed by atoms with Crippen LogP contribution in [-0.2, 0) is 32.3 Å². The maximum atomic E-state index is 11.7. The number of carbonyl (C=O) groups excluding carboxylic acids is 4. The highest BCUT2D eigenvalue weighted by atomic mass is 16.6. The van der Waals surface area contributed by atoms with Crippen molar-refractivity contribution in [3.63, 3.8) is 0 Å². The van der Waals surface area contributed by atoms with Crippen LogP contribution < -0.4 is 22.1 Å². The Balaban J connectivity index is 0.000000220. The van der Waals surface area contributed by atoms with Crippen LogP contribution in [0.4, 0.5) is 9.59 Å². The smallest absolute Gasteiger partial charge is 0.407 e. The van der Waals surface area contributed by atoms with Crippen LogP contribution in [0.2, 0.25) is 0 Å². The van der Waals surface area contributed by atoms with Crippen molar-refractivity contribution >= 4 is 24.0 Å². The van der Waals surface area contributed by atoms with Crippen LogP contribution in [0, 0.1) is 11.8 Å². The molecule has 2 aliphatic rings. The van der Waals surface area contributed by atoms with E-state index in [0.29, 0.717) is 0 Å². The van der Waals surface area contributed by atoms with E-state index in [1.165, 1.54) is 0 Å². The zero-order valence-electron chi connectivity index (χ0n) is 22.8. The second kappa shape index (κ2) is 16.1. The quantitative estimate of drug-likeness (QED) is 0.388. The first kappa shape index (κ1) is 30.5. The van der Waals surface area contributed by atoms with Gasteiger partial charge in [-0.25, -0.2) is 9.59 Å². The summed E-state index contributed by atoms with van der Waals surface area (Å²) in [5.41, 5.74) is 12.5. The zero-order chi connectivity index (χ0) is 28.7. The number of nitrogens with two attached hydrogens (primary N) is 2. The van der Waals surface area contributed by atoms with Gasteiger partial charge in [0, 0.05) is 23.9 Å². The van der Waals surface area contributed by atoms with Gasteiger partial charge in [0.15, 0.2) is 0 Å². The molecule has 0 aliphatic heterocycles. The van der Waals surface area contributed by atoms with Crippen molar-refractivity contribution in [1.29, 1.82) is 0 Å². The topological polar surface area (TPSA) is 163 Å². The molecule has 10 heteroatoms. The first-order chi connectivity index (χ1) is 19.3. The summed E-state index contributed by atoms with van der Waals surface area (Å²) in [6.45, 7) is 0.534. The van der Waals surface area contributed by atoms with E-state index in [4.69, 9.17) is 20.9 Å². The van der Waals surface area contributed by atoms with Crippen LogP contribution in [0.25, 0.3) is 0 Å². The minimum absolute atomic E-state index is 0.0478. The molecule has 0 atom stereocenters. The first-order valence-electron chi connectivity index (χ1n) is 13.8. The molecule has 0 aromatic heterocycles. The van der Waals surface area contributed by atoms with Gasteiger partial charge in [-0.15, -0.1) is 0 Å². The summed E-state index contributed by atoms with van der Waals surface area (Å²) >= 11 is 0. The van der Waals surface area contributed by atoms with E-state index in [1.807, 2.05) is 60.7 Å². The van der Waals surface area contributed by atoms with E-state index in [2.05, 4.69) is 10.6 Å². The summed E-state index contributed by atoms with van der Waals surface area (Å²) in [5.74, 6) is -0.577. The van der Waals surface area contributed by atoms with Crippen LogP contribution in [0.15, 0.2) is 60.7 Å². The molecule has 0 unspecified atom stereocenters. The summed E-state index contributed by atoms with van der Waals surface area (Å²) in [4.78, 5) is 45.5. The standard InChI is InChI=1S/2C15H20N2O3/c2*16-14(18)12-6-8-13(9-7-12)17-15(19)20-10-11-4-2-1-3-5-11/h2*1-5,12-13H,6-10H2,(H2,16,18)(H,17,19). The monoisotopic (exact) mass is 552 g/mol. The van der Waals surface area contributed by atoms with Gasteiger partial charge in [0.1, 0.15) is 13.2 Å². The van der Waals surface area contributed by atoms with E-state index in [9.17, 15) is 19.2 Å². The largest absolute Gasteiger partial charge is 0.445 e. The second-order valence-corrected chi connectivity index (χ2v) is 10.3. The molecule has 2 aromatic carbocycles. The number of nitrogens with one attached hydrogen (secondary N) is 2. The van der Waals surface area contributed by atoms with E-state index in [1.54, 1.807) is 0 Å². The lowest BCUT2D eigenvalue weighted by atomic mass is 9.86. The molecule has 0 bridgehead atoms. The molecule has 2 aliphatic carbocycles. The number of benzene rings is 2. The lowest BCUT2D eigenvalue weighted by molar-refractivity contribution is -0.123. The van der Waals surface area contributed by atoms with Crippen LogP contribution in [0.3, 0.4) is 0 Å². The van der Waals surface area contributed by atoms with Crippen LogP contribution in [-0.4, -0.2) is 36.1 Å². The van der Waals surface area contributed by atoms with Crippen molar-refractivity contribution in [2.75, 3.05) is 0 Å². The third-order valence-electron chi connectivity index (χ3n) is 7.33. The Morgan fingerprint density at radius 2 is 0.900 bits per heavy atom. The van der Waals surface area contributed by atoms with Crippen LogP contribution in [0.5, 0.6) is 0 Å². The number of hydrogen-bond acceptors (Lipinski definition) is 6. The fourth-order valence-electron chi connectivity index (χ4n) is 4.91. The van der Waals surface area contributed by atoms with Crippen LogP contribution >= 0.6 is 0 Å². The predicted molar refractivity (Wildman–Crippen MR) is 149 cm³/mol. The minimum atomic E-state index is -0.406. The molecule has 2 fully saturated rings. The van der Waals surface area contributed by atoms with Gasteiger partial charge in [0.2, 0.25) is 11.8 Å². The molecule has 0 spiro atoms. The molecule has 2 aromatic rings. The van der Waals surface area contributed by atoms with Gasteiger partial charge in [-0.05, 0) is 62.5 Å². The average molecular weight is 553 g/mol. The minimum Gasteiger partial charge on any atom is -0.445 e. The Morgan fingerprint density at radius 3 is 1.20 bits per heavy atom. The molecule has 0 radical (unpaired) electrons. The number of primary amides is 2. The Labute approximate surface area is 235 Å². The molecule has 10 nitrogen and oxygen atoms in total. The van der Waals surface area contributed by atoms with Gasteiger partial charge in [0.25, 0.3) is 0 Å². The average Bonchev–Trinajstić information content (AvgIpc) is 2.97. The summed E-state index contributed by atoms with van der Waals surface area (Å²) in [5, 5.41) is 5.67. The third kappa shape index (κ3) is 11.0. The van der Waals surface area contributed by atoms with Gasteiger partial charge < -0.3 is 31.6 Å². The number of rotatable bonds is 8. The van der Waals surface area contributed by atoms with Crippen molar-refractivity contribution in [3.05, 3.63) is 71.8 Å². The van der Waals surface area contributed by atoms with Crippen LogP contribution in [0.1, 0.15) is 62.5 Å². The molecular formula is C30H40N4O6. The predicted octanol–water partition coefficient (Wildman–Crippen LogP) is 3.91. The zero-order valence-corrected chi connectivity index (χ0v) is 22.8. The van der Waals surface area contributed by atoms with E-state index in [-0.39, 0.29) is 48.9 Å². The number of amides is 4. The number of ether oxygens (including phenoxy) is 2. The third-order valence-corrected chi connectivity index (χ3v) is 7.33. The van der Waals surface area contributed by atoms with E-state index in [0.717, 1.165) is 62.5 Å². The normalized spacial score (nSPS) is 22.0. The second-order valence-electron chi connectivity index (χ2n) is 10.3. The van der Waals surface area contributed by atoms with Crippen molar-refractivity contribution in [2.45, 2.75) is 76.7 Å².